The van der Waals surface area contributed by atoms with Crippen molar-refractivity contribution in [2.45, 2.75) is 19.4 Å². The predicted octanol–water partition coefficient (Wildman–Crippen LogP) is 2.78. The summed E-state index contributed by atoms with van der Waals surface area (Å²) in [5.74, 6) is 1.42. The maximum atomic E-state index is 5.78. The van der Waals surface area contributed by atoms with Gasteiger partial charge in [-0.1, -0.05) is 0 Å². The van der Waals surface area contributed by atoms with Crippen molar-refractivity contribution in [1.82, 2.24) is 0 Å². The zero-order valence-corrected chi connectivity index (χ0v) is 9.57. The lowest BCUT2D eigenvalue weighted by molar-refractivity contribution is 1.04. The summed E-state index contributed by atoms with van der Waals surface area (Å²) in [5.41, 5.74) is 5.78. The zero-order valence-electron chi connectivity index (χ0n) is 7.16. The first kappa shape index (κ1) is 9.21. The molecule has 1 aromatic heterocycles. The summed E-state index contributed by atoms with van der Waals surface area (Å²) in [7, 11) is 0. The van der Waals surface area contributed by atoms with E-state index in [1.807, 2.05) is 0 Å². The van der Waals surface area contributed by atoms with Crippen LogP contribution in [0.3, 0.4) is 0 Å². The average Bonchev–Trinajstić information content (AvgIpc) is 2.87. The Labute approximate surface area is 90.0 Å². The van der Waals surface area contributed by atoms with E-state index in [1.165, 1.54) is 17.7 Å². The minimum atomic E-state index is 0.586. The average molecular weight is 259 g/mol. The number of hydrogen-bond acceptors (Lipinski definition) is 2. The van der Waals surface area contributed by atoms with E-state index in [0.717, 1.165) is 16.9 Å². The van der Waals surface area contributed by atoms with Gasteiger partial charge in [0.2, 0.25) is 0 Å². The Balaban J connectivity index is 1.94. The molecule has 2 N–H and O–H groups in total. The van der Waals surface area contributed by atoms with Crippen molar-refractivity contribution in [3.05, 3.63) is 20.8 Å². The van der Waals surface area contributed by atoms with Crippen molar-refractivity contribution in [2.24, 2.45) is 16.6 Å². The lowest BCUT2D eigenvalue weighted by Crippen LogP contribution is -2.13. The van der Waals surface area contributed by atoms with Crippen LogP contribution in [0.15, 0.2) is 20.9 Å². The molecule has 1 aliphatic carbocycles. The second kappa shape index (κ2) is 3.80. The standard InChI is InChI=1S/C9H11BrN2S/c10-7-3-8(13-5-7)4-12-9(11)6-1-2-6/h3,5-6H,1-2,4H2,(H2,11,12). The topological polar surface area (TPSA) is 38.4 Å². The van der Waals surface area contributed by atoms with Gasteiger partial charge in [0.15, 0.2) is 0 Å². The van der Waals surface area contributed by atoms with Crippen molar-refractivity contribution in [2.75, 3.05) is 0 Å². The number of thiophene rings is 1. The van der Waals surface area contributed by atoms with Crippen molar-refractivity contribution in [3.8, 4) is 0 Å². The molecule has 0 atom stereocenters. The van der Waals surface area contributed by atoms with Gasteiger partial charge in [-0.3, -0.25) is 4.99 Å². The smallest absolute Gasteiger partial charge is 0.0972 e. The number of aliphatic imine (C=N–C) groups is 1. The fourth-order valence-corrected chi connectivity index (χ4v) is 2.49. The van der Waals surface area contributed by atoms with Crippen LogP contribution in [0.2, 0.25) is 0 Å². The minimum absolute atomic E-state index is 0.586. The van der Waals surface area contributed by atoms with Gasteiger partial charge in [-0.2, -0.15) is 0 Å². The second-order valence-electron chi connectivity index (χ2n) is 3.25. The van der Waals surface area contributed by atoms with E-state index < -0.39 is 0 Å². The monoisotopic (exact) mass is 258 g/mol. The third-order valence-electron chi connectivity index (χ3n) is 2.03. The van der Waals surface area contributed by atoms with Gasteiger partial charge in [0.1, 0.15) is 0 Å². The first-order chi connectivity index (χ1) is 6.25. The summed E-state index contributed by atoms with van der Waals surface area (Å²) < 4.78 is 1.13. The van der Waals surface area contributed by atoms with E-state index in [4.69, 9.17) is 5.73 Å². The third kappa shape index (κ3) is 2.54. The molecule has 2 nitrogen and oxygen atoms in total. The van der Waals surface area contributed by atoms with E-state index in [1.54, 1.807) is 11.3 Å². The van der Waals surface area contributed by atoms with Crippen LogP contribution in [0.5, 0.6) is 0 Å². The van der Waals surface area contributed by atoms with Gasteiger partial charge in [-0.15, -0.1) is 11.3 Å². The third-order valence-corrected chi connectivity index (χ3v) is 3.72. The number of hydrogen-bond donors (Lipinski definition) is 1. The molecule has 0 spiro atoms. The number of nitrogens with zero attached hydrogens (tertiary/aromatic N) is 1. The first-order valence-corrected chi connectivity index (χ1v) is 5.95. The van der Waals surface area contributed by atoms with Crippen LogP contribution < -0.4 is 5.73 Å². The molecule has 1 aromatic rings. The SMILES string of the molecule is NC(=NCc1cc(Br)cs1)C1CC1. The van der Waals surface area contributed by atoms with Crippen LogP contribution >= 0.6 is 27.3 Å². The molecule has 70 valence electrons. The Kier molecular flexibility index (Phi) is 2.69. The predicted molar refractivity (Wildman–Crippen MR) is 60.1 cm³/mol. The molecule has 1 aliphatic rings. The van der Waals surface area contributed by atoms with E-state index in [-0.39, 0.29) is 0 Å². The number of nitrogens with two attached hydrogens (primary N) is 1. The number of amidine groups is 1. The van der Waals surface area contributed by atoms with Crippen molar-refractivity contribution in [1.29, 1.82) is 0 Å². The Bertz CT molecular complexity index is 328. The molecule has 0 saturated heterocycles. The van der Waals surface area contributed by atoms with Gasteiger partial charge >= 0.3 is 0 Å². The highest BCUT2D eigenvalue weighted by atomic mass is 79.9. The summed E-state index contributed by atoms with van der Waals surface area (Å²) in [6.45, 7) is 0.735. The second-order valence-corrected chi connectivity index (χ2v) is 5.16. The molecule has 1 saturated carbocycles. The molecule has 13 heavy (non-hydrogen) atoms. The molecule has 4 heteroatoms. The molecule has 0 bridgehead atoms. The summed E-state index contributed by atoms with van der Waals surface area (Å²) in [6.07, 6.45) is 2.45. The van der Waals surface area contributed by atoms with Crippen LogP contribution in [0, 0.1) is 5.92 Å². The molecule has 1 heterocycles. The van der Waals surface area contributed by atoms with Gasteiger partial charge in [-0.25, -0.2) is 0 Å². The van der Waals surface area contributed by atoms with Crippen LogP contribution in [0.25, 0.3) is 0 Å². The molecule has 0 amide bonds. The fraction of sp³-hybridized carbons (Fsp3) is 0.444. The molecule has 2 rings (SSSR count). The molecule has 0 unspecified atom stereocenters. The largest absolute Gasteiger partial charge is 0.387 e. The van der Waals surface area contributed by atoms with Gasteiger partial charge in [0.05, 0.1) is 12.4 Å². The summed E-state index contributed by atoms with van der Waals surface area (Å²) in [4.78, 5) is 5.61. The lowest BCUT2D eigenvalue weighted by Gasteiger charge is -1.95. The molecule has 0 radical (unpaired) electrons. The van der Waals surface area contributed by atoms with Crippen LogP contribution in [-0.4, -0.2) is 5.84 Å². The quantitative estimate of drug-likeness (QED) is 0.657. The van der Waals surface area contributed by atoms with E-state index >= 15 is 0 Å². The van der Waals surface area contributed by atoms with E-state index in [9.17, 15) is 0 Å². The Morgan fingerprint density at radius 3 is 3.00 bits per heavy atom. The van der Waals surface area contributed by atoms with Crippen LogP contribution in [-0.2, 0) is 6.54 Å². The van der Waals surface area contributed by atoms with Gasteiger partial charge in [0, 0.05) is 20.6 Å². The molecule has 0 aliphatic heterocycles. The highest BCUT2D eigenvalue weighted by Gasteiger charge is 2.25. The maximum absolute atomic E-state index is 5.78. The fourth-order valence-electron chi connectivity index (χ4n) is 1.11. The zero-order chi connectivity index (χ0) is 9.26. The molecule has 0 aromatic carbocycles. The summed E-state index contributed by atoms with van der Waals surface area (Å²) in [5, 5.41) is 2.07. The molecular weight excluding hydrogens is 248 g/mol. The van der Waals surface area contributed by atoms with Crippen LogP contribution in [0.1, 0.15) is 17.7 Å². The lowest BCUT2D eigenvalue weighted by atomic mass is 10.4. The Morgan fingerprint density at radius 2 is 2.46 bits per heavy atom. The van der Waals surface area contributed by atoms with Crippen molar-refractivity contribution >= 4 is 33.1 Å². The van der Waals surface area contributed by atoms with E-state index in [2.05, 4.69) is 32.4 Å². The van der Waals surface area contributed by atoms with Gasteiger partial charge < -0.3 is 5.73 Å². The normalized spacial score (nSPS) is 17.8. The highest BCUT2D eigenvalue weighted by Crippen LogP contribution is 2.29. The van der Waals surface area contributed by atoms with Crippen LogP contribution in [0.4, 0.5) is 0 Å². The minimum Gasteiger partial charge on any atom is -0.387 e. The van der Waals surface area contributed by atoms with Crippen molar-refractivity contribution in [3.63, 3.8) is 0 Å². The summed E-state index contributed by atoms with van der Waals surface area (Å²) >= 11 is 5.13. The van der Waals surface area contributed by atoms with E-state index in [0.29, 0.717) is 5.92 Å². The maximum Gasteiger partial charge on any atom is 0.0972 e. The molecular formula is C9H11BrN2S. The van der Waals surface area contributed by atoms with Gasteiger partial charge in [0.25, 0.3) is 0 Å². The highest BCUT2D eigenvalue weighted by molar-refractivity contribution is 9.10. The number of rotatable bonds is 3. The van der Waals surface area contributed by atoms with Crippen molar-refractivity contribution < 1.29 is 0 Å². The number of halogens is 1. The summed E-state index contributed by atoms with van der Waals surface area (Å²) in [6, 6.07) is 2.09. The Morgan fingerprint density at radius 1 is 1.69 bits per heavy atom. The van der Waals surface area contributed by atoms with Gasteiger partial charge in [-0.05, 0) is 34.8 Å². The molecule has 1 fully saturated rings. The first-order valence-electron chi connectivity index (χ1n) is 4.28. The Hall–Kier alpha value is -0.350.